The zero-order valence-corrected chi connectivity index (χ0v) is 10.7. The number of hydrogen-bond donors (Lipinski definition) is 1. The quantitative estimate of drug-likeness (QED) is 0.861. The zero-order valence-electron chi connectivity index (χ0n) is 9.92. The van der Waals surface area contributed by atoms with Gasteiger partial charge in [-0.2, -0.15) is 0 Å². The van der Waals surface area contributed by atoms with E-state index in [2.05, 4.69) is 24.1 Å². The van der Waals surface area contributed by atoms with Crippen LogP contribution in [0.4, 0.5) is 0 Å². The number of carbonyl (C=O) groups is 1. The molecule has 0 aliphatic carbocycles. The lowest BCUT2D eigenvalue weighted by Crippen LogP contribution is -2.29. The second kappa shape index (κ2) is 4.75. The second-order valence-corrected chi connectivity index (χ2v) is 5.28. The van der Waals surface area contributed by atoms with Crippen LogP contribution >= 0.6 is 11.3 Å². The van der Waals surface area contributed by atoms with Crippen LogP contribution in [0.15, 0.2) is 0 Å². The second-order valence-electron chi connectivity index (χ2n) is 4.25. The first kappa shape index (κ1) is 12.2. The fourth-order valence-corrected chi connectivity index (χ4v) is 2.18. The summed E-state index contributed by atoms with van der Waals surface area (Å²) < 4.78 is 0. The smallest absolute Gasteiger partial charge is 0.263 e. The van der Waals surface area contributed by atoms with Gasteiger partial charge in [0.1, 0.15) is 4.88 Å². The van der Waals surface area contributed by atoms with E-state index in [-0.39, 0.29) is 11.9 Å². The highest BCUT2D eigenvalue weighted by Gasteiger charge is 2.16. The topological polar surface area (TPSA) is 42.0 Å². The summed E-state index contributed by atoms with van der Waals surface area (Å²) in [6.07, 6.45) is 0. The predicted octanol–water partition coefficient (Wildman–Crippen LogP) is 2.71. The summed E-state index contributed by atoms with van der Waals surface area (Å²) in [6, 6.07) is 0.168. The number of thiazole rings is 1. The first-order valence-corrected chi connectivity index (χ1v) is 6.01. The lowest BCUT2D eigenvalue weighted by atomic mass is 10.2. The molecule has 3 nitrogen and oxygen atoms in total. The van der Waals surface area contributed by atoms with Gasteiger partial charge in [0.15, 0.2) is 0 Å². The number of amides is 1. The van der Waals surface area contributed by atoms with E-state index in [4.69, 9.17) is 0 Å². The van der Waals surface area contributed by atoms with Crippen LogP contribution < -0.4 is 5.32 Å². The van der Waals surface area contributed by atoms with Crippen LogP contribution in [0.1, 0.15) is 54.0 Å². The summed E-state index contributed by atoms with van der Waals surface area (Å²) in [5, 5.41) is 3.91. The summed E-state index contributed by atoms with van der Waals surface area (Å²) in [6.45, 7) is 9.97. The Labute approximate surface area is 94.9 Å². The van der Waals surface area contributed by atoms with Crippen molar-refractivity contribution < 1.29 is 4.79 Å². The Morgan fingerprint density at radius 1 is 1.33 bits per heavy atom. The summed E-state index contributed by atoms with van der Waals surface area (Å²) in [5.74, 6) is 0.376. The molecule has 1 heterocycles. The van der Waals surface area contributed by atoms with Gasteiger partial charge in [0.25, 0.3) is 5.91 Å². The summed E-state index contributed by atoms with van der Waals surface area (Å²) in [4.78, 5) is 16.9. The van der Waals surface area contributed by atoms with Crippen LogP contribution in [-0.2, 0) is 0 Å². The minimum absolute atomic E-state index is 0.00750. The molecule has 1 aromatic heterocycles. The van der Waals surface area contributed by atoms with Gasteiger partial charge in [0, 0.05) is 12.0 Å². The van der Waals surface area contributed by atoms with Crippen LogP contribution in [0.2, 0.25) is 0 Å². The zero-order chi connectivity index (χ0) is 11.6. The van der Waals surface area contributed by atoms with Crippen LogP contribution in [0.5, 0.6) is 0 Å². The Morgan fingerprint density at radius 2 is 1.93 bits per heavy atom. The third-order valence-electron chi connectivity index (χ3n) is 1.93. The molecule has 0 unspecified atom stereocenters. The maximum atomic E-state index is 11.8. The van der Waals surface area contributed by atoms with Crippen molar-refractivity contribution in [3.63, 3.8) is 0 Å². The number of aryl methyl sites for hydroxylation is 1. The van der Waals surface area contributed by atoms with E-state index in [0.717, 1.165) is 15.6 Å². The highest BCUT2D eigenvalue weighted by Crippen LogP contribution is 2.24. The third kappa shape index (κ3) is 3.02. The van der Waals surface area contributed by atoms with Crippen molar-refractivity contribution in [2.75, 3.05) is 0 Å². The van der Waals surface area contributed by atoms with Gasteiger partial charge >= 0.3 is 0 Å². The van der Waals surface area contributed by atoms with Crippen molar-refractivity contribution >= 4 is 17.2 Å². The molecule has 0 bridgehead atoms. The molecule has 84 valence electrons. The van der Waals surface area contributed by atoms with Crippen molar-refractivity contribution in [2.24, 2.45) is 0 Å². The number of hydrogen-bond acceptors (Lipinski definition) is 3. The Bertz CT molecular complexity index is 355. The fourth-order valence-electron chi connectivity index (χ4n) is 1.20. The number of rotatable bonds is 3. The standard InChI is InChI=1S/C11H18N2OS/c1-6(2)11-13-8(5)9(15-11)10(14)12-7(3)4/h6-7H,1-5H3,(H,12,14). The lowest BCUT2D eigenvalue weighted by molar-refractivity contribution is 0.0946. The molecule has 4 heteroatoms. The molecule has 15 heavy (non-hydrogen) atoms. The Kier molecular flexibility index (Phi) is 3.85. The van der Waals surface area contributed by atoms with Gasteiger partial charge in [0.2, 0.25) is 0 Å². The van der Waals surface area contributed by atoms with Crippen LogP contribution in [-0.4, -0.2) is 16.9 Å². The molecule has 0 aromatic carbocycles. The summed E-state index contributed by atoms with van der Waals surface area (Å²) >= 11 is 1.49. The third-order valence-corrected chi connectivity index (χ3v) is 3.39. The van der Waals surface area contributed by atoms with Gasteiger partial charge in [-0.3, -0.25) is 4.79 Å². The minimum Gasteiger partial charge on any atom is -0.349 e. The first-order chi connectivity index (χ1) is 6.91. The van der Waals surface area contributed by atoms with Crippen molar-refractivity contribution in [2.45, 2.75) is 46.6 Å². The minimum atomic E-state index is -0.00750. The molecule has 0 fully saturated rings. The monoisotopic (exact) mass is 226 g/mol. The van der Waals surface area contributed by atoms with E-state index in [1.807, 2.05) is 20.8 Å². The molecule has 1 amide bonds. The van der Waals surface area contributed by atoms with Crippen LogP contribution in [0.3, 0.4) is 0 Å². The molecule has 0 atom stereocenters. The number of nitrogens with zero attached hydrogens (tertiary/aromatic N) is 1. The Balaban J connectivity index is 2.89. The van der Waals surface area contributed by atoms with Crippen molar-refractivity contribution in [1.82, 2.24) is 10.3 Å². The molecule has 0 aliphatic heterocycles. The normalized spacial score (nSPS) is 11.1. The van der Waals surface area contributed by atoms with Gasteiger partial charge in [-0.15, -0.1) is 11.3 Å². The average molecular weight is 226 g/mol. The van der Waals surface area contributed by atoms with Gasteiger partial charge in [0.05, 0.1) is 10.7 Å². The maximum Gasteiger partial charge on any atom is 0.263 e. The Hall–Kier alpha value is -0.900. The van der Waals surface area contributed by atoms with Gasteiger partial charge in [-0.05, 0) is 20.8 Å². The maximum absolute atomic E-state index is 11.8. The first-order valence-electron chi connectivity index (χ1n) is 5.20. The van der Waals surface area contributed by atoms with Crippen LogP contribution in [0.25, 0.3) is 0 Å². The molecule has 0 saturated carbocycles. The average Bonchev–Trinajstić information content (AvgIpc) is 2.46. The summed E-state index contributed by atoms with van der Waals surface area (Å²) in [7, 11) is 0. The molecule has 1 N–H and O–H groups in total. The van der Waals surface area contributed by atoms with Gasteiger partial charge in [-0.1, -0.05) is 13.8 Å². The van der Waals surface area contributed by atoms with E-state index >= 15 is 0 Å². The van der Waals surface area contributed by atoms with E-state index < -0.39 is 0 Å². The molecule has 1 aromatic rings. The summed E-state index contributed by atoms with van der Waals surface area (Å²) in [5.41, 5.74) is 0.835. The molecule has 0 aliphatic rings. The highest BCUT2D eigenvalue weighted by atomic mass is 32.1. The predicted molar refractivity (Wildman–Crippen MR) is 63.5 cm³/mol. The van der Waals surface area contributed by atoms with E-state index in [1.54, 1.807) is 0 Å². The molecule has 0 radical (unpaired) electrons. The van der Waals surface area contributed by atoms with Crippen molar-refractivity contribution in [3.05, 3.63) is 15.6 Å². The number of aromatic nitrogens is 1. The number of carbonyl (C=O) groups excluding carboxylic acids is 1. The van der Waals surface area contributed by atoms with Gasteiger partial charge in [-0.25, -0.2) is 4.98 Å². The SMILES string of the molecule is Cc1nc(C(C)C)sc1C(=O)NC(C)C. The lowest BCUT2D eigenvalue weighted by Gasteiger charge is -2.06. The van der Waals surface area contributed by atoms with E-state index in [0.29, 0.717) is 5.92 Å². The van der Waals surface area contributed by atoms with E-state index in [9.17, 15) is 4.79 Å². The van der Waals surface area contributed by atoms with Gasteiger partial charge < -0.3 is 5.32 Å². The molecule has 0 spiro atoms. The fraction of sp³-hybridized carbons (Fsp3) is 0.636. The van der Waals surface area contributed by atoms with Crippen molar-refractivity contribution in [1.29, 1.82) is 0 Å². The Morgan fingerprint density at radius 3 is 2.33 bits per heavy atom. The molecular weight excluding hydrogens is 208 g/mol. The molecule has 1 rings (SSSR count). The molecular formula is C11H18N2OS. The van der Waals surface area contributed by atoms with Crippen molar-refractivity contribution in [3.8, 4) is 0 Å². The van der Waals surface area contributed by atoms with Crippen LogP contribution in [0, 0.1) is 6.92 Å². The largest absolute Gasteiger partial charge is 0.349 e. The molecule has 0 saturated heterocycles. The number of nitrogens with one attached hydrogen (secondary N) is 1. The highest BCUT2D eigenvalue weighted by molar-refractivity contribution is 7.13. The van der Waals surface area contributed by atoms with E-state index in [1.165, 1.54) is 11.3 Å².